The van der Waals surface area contributed by atoms with Gasteiger partial charge in [0.2, 0.25) is 0 Å². The van der Waals surface area contributed by atoms with Crippen LogP contribution in [0.25, 0.3) is 11.0 Å². The van der Waals surface area contributed by atoms with E-state index in [-0.39, 0.29) is 18.4 Å². The number of rotatable bonds is 7. The van der Waals surface area contributed by atoms with Crippen LogP contribution in [0.15, 0.2) is 48.5 Å². The summed E-state index contributed by atoms with van der Waals surface area (Å²) >= 11 is 0. The Labute approximate surface area is 224 Å². The van der Waals surface area contributed by atoms with Crippen molar-refractivity contribution in [1.29, 1.82) is 0 Å². The van der Waals surface area contributed by atoms with Crippen LogP contribution in [-0.2, 0) is 24.9 Å². The molecule has 7 nitrogen and oxygen atoms in total. The highest BCUT2D eigenvalue weighted by atomic mass is 16.5. The third-order valence-electron chi connectivity index (χ3n) is 7.89. The van der Waals surface area contributed by atoms with Crippen molar-refractivity contribution in [1.82, 2.24) is 19.9 Å². The molecule has 0 saturated carbocycles. The van der Waals surface area contributed by atoms with E-state index < -0.39 is 5.97 Å². The van der Waals surface area contributed by atoms with Gasteiger partial charge < -0.3 is 9.84 Å². The number of nitrogens with zero attached hydrogens (tertiary/aromatic N) is 4. The number of aryl methyl sites for hydroxylation is 4. The molecular weight excluding hydrogens is 476 g/mol. The normalized spacial score (nSPS) is 16.6. The molecule has 4 aromatic rings. The molecule has 5 rings (SSSR count). The van der Waals surface area contributed by atoms with Gasteiger partial charge in [0.15, 0.2) is 0 Å². The Hall–Kier alpha value is -3.71. The second-order valence-corrected chi connectivity index (χ2v) is 10.6. The highest BCUT2D eigenvalue weighted by molar-refractivity contribution is 5.80. The van der Waals surface area contributed by atoms with E-state index in [4.69, 9.17) is 4.74 Å². The van der Waals surface area contributed by atoms with Crippen molar-refractivity contribution < 1.29 is 14.6 Å². The molecule has 0 radical (unpaired) electrons. The predicted molar refractivity (Wildman–Crippen MR) is 149 cm³/mol. The maximum Gasteiger partial charge on any atom is 0.304 e. The van der Waals surface area contributed by atoms with Crippen LogP contribution in [0.1, 0.15) is 64.6 Å². The lowest BCUT2D eigenvalue weighted by atomic mass is 9.84. The van der Waals surface area contributed by atoms with Gasteiger partial charge in [0.25, 0.3) is 0 Å². The van der Waals surface area contributed by atoms with Crippen LogP contribution in [0.2, 0.25) is 0 Å². The first-order valence-corrected chi connectivity index (χ1v) is 13.3. The molecule has 0 saturated heterocycles. The van der Waals surface area contributed by atoms with E-state index in [0.717, 1.165) is 59.5 Å². The fourth-order valence-corrected chi connectivity index (χ4v) is 5.66. The Bertz CT molecular complexity index is 1490. The number of carboxylic acids is 1. The Morgan fingerprint density at radius 3 is 2.71 bits per heavy atom. The van der Waals surface area contributed by atoms with Gasteiger partial charge in [-0.25, -0.2) is 4.68 Å². The predicted octanol–water partition coefficient (Wildman–Crippen LogP) is 5.67. The average Bonchev–Trinajstić information content (AvgIpc) is 3.16. The van der Waals surface area contributed by atoms with Gasteiger partial charge in [0.05, 0.1) is 11.9 Å². The number of carbonyl (C=O) groups is 1. The molecule has 7 heteroatoms. The highest BCUT2D eigenvalue weighted by Gasteiger charge is 2.25. The van der Waals surface area contributed by atoms with Gasteiger partial charge in [-0.05, 0) is 66.6 Å². The molecule has 0 aliphatic carbocycles. The zero-order valence-corrected chi connectivity index (χ0v) is 22.9. The van der Waals surface area contributed by atoms with Crippen molar-refractivity contribution >= 4 is 17.0 Å². The molecule has 1 aliphatic heterocycles. The van der Waals surface area contributed by atoms with Gasteiger partial charge >= 0.3 is 5.97 Å². The average molecular weight is 513 g/mol. The van der Waals surface area contributed by atoms with Gasteiger partial charge in [0.1, 0.15) is 17.4 Å². The van der Waals surface area contributed by atoms with E-state index in [1.807, 2.05) is 26.1 Å². The molecule has 38 heavy (non-hydrogen) atoms. The lowest BCUT2D eigenvalue weighted by Crippen LogP contribution is -2.32. The summed E-state index contributed by atoms with van der Waals surface area (Å²) in [4.78, 5) is 14.5. The number of ether oxygens (including phenoxy) is 1. The fourth-order valence-electron chi connectivity index (χ4n) is 5.66. The molecule has 3 aromatic carbocycles. The number of hydrogen-bond acceptors (Lipinski definition) is 5. The summed E-state index contributed by atoms with van der Waals surface area (Å²) in [5, 5.41) is 18.3. The van der Waals surface area contributed by atoms with E-state index in [2.05, 4.69) is 72.4 Å². The molecule has 2 atom stereocenters. The molecule has 0 amide bonds. The first-order chi connectivity index (χ1) is 18.2. The molecule has 1 aliphatic rings. The minimum atomic E-state index is -0.821. The quantitative estimate of drug-likeness (QED) is 0.344. The summed E-state index contributed by atoms with van der Waals surface area (Å²) in [6, 6.07) is 16.8. The standard InChI is InChI=1S/C31H36N4O3/c1-6-25-18-35(16-23-9-7-8-20(3)31(23)38-25)17-24-14-22(11-10-19(24)2)27(15-29(36)37)26-12-13-28-30(21(26)4)32-33-34(28)5/h7-14,25,27H,6,15-18H2,1-5H3,(H,36,37)/t25-,27+/m1/s1. The Morgan fingerprint density at radius 1 is 1.13 bits per heavy atom. The van der Waals surface area contributed by atoms with Crippen LogP contribution in [0.5, 0.6) is 5.75 Å². The van der Waals surface area contributed by atoms with Crippen LogP contribution >= 0.6 is 0 Å². The van der Waals surface area contributed by atoms with Gasteiger partial charge in [-0.15, -0.1) is 5.10 Å². The molecule has 2 heterocycles. The summed E-state index contributed by atoms with van der Waals surface area (Å²) in [6.45, 7) is 10.9. The Kier molecular flexibility index (Phi) is 7.21. The lowest BCUT2D eigenvalue weighted by molar-refractivity contribution is -0.137. The van der Waals surface area contributed by atoms with Crippen LogP contribution in [0.4, 0.5) is 0 Å². The number of aliphatic carboxylic acids is 1. The topological polar surface area (TPSA) is 80.5 Å². The van der Waals surface area contributed by atoms with Crippen molar-refractivity contribution in [3.63, 3.8) is 0 Å². The van der Waals surface area contributed by atoms with Gasteiger partial charge in [-0.2, -0.15) is 0 Å². The second kappa shape index (κ2) is 10.6. The van der Waals surface area contributed by atoms with Crippen molar-refractivity contribution in [3.8, 4) is 5.75 Å². The monoisotopic (exact) mass is 512 g/mol. The minimum Gasteiger partial charge on any atom is -0.488 e. The molecule has 0 unspecified atom stereocenters. The SMILES string of the molecule is CC[C@@H]1CN(Cc2cc([C@H](CC(=O)O)c3ccc4c(nnn4C)c3C)ccc2C)Cc2cccc(C)c2O1. The Morgan fingerprint density at radius 2 is 1.95 bits per heavy atom. The van der Waals surface area contributed by atoms with Crippen LogP contribution < -0.4 is 4.74 Å². The van der Waals surface area contributed by atoms with E-state index in [1.54, 1.807) is 4.68 Å². The summed E-state index contributed by atoms with van der Waals surface area (Å²) in [7, 11) is 1.87. The molecule has 198 valence electrons. The van der Waals surface area contributed by atoms with Crippen molar-refractivity contribution in [2.75, 3.05) is 6.54 Å². The molecule has 1 N–H and O–H groups in total. The van der Waals surface area contributed by atoms with Crippen LogP contribution in [0, 0.1) is 20.8 Å². The molecule has 0 bridgehead atoms. The molecule has 0 fully saturated rings. The van der Waals surface area contributed by atoms with Gasteiger partial charge in [0, 0.05) is 38.2 Å². The van der Waals surface area contributed by atoms with Gasteiger partial charge in [-0.1, -0.05) is 54.6 Å². The zero-order chi connectivity index (χ0) is 27.0. The largest absolute Gasteiger partial charge is 0.488 e. The maximum absolute atomic E-state index is 12.0. The van der Waals surface area contributed by atoms with Crippen molar-refractivity contribution in [2.24, 2.45) is 7.05 Å². The number of aromatic nitrogens is 3. The summed E-state index contributed by atoms with van der Waals surface area (Å²) < 4.78 is 8.18. The van der Waals surface area contributed by atoms with E-state index in [1.165, 1.54) is 22.3 Å². The first kappa shape index (κ1) is 25.9. The smallest absolute Gasteiger partial charge is 0.304 e. The number of benzene rings is 3. The Balaban J connectivity index is 1.50. The van der Waals surface area contributed by atoms with Gasteiger partial charge in [-0.3, -0.25) is 9.69 Å². The third kappa shape index (κ3) is 5.03. The van der Waals surface area contributed by atoms with Crippen molar-refractivity contribution in [2.45, 2.75) is 65.6 Å². The number of para-hydroxylation sites is 1. The number of hydrogen-bond donors (Lipinski definition) is 1. The summed E-state index contributed by atoms with van der Waals surface area (Å²) in [5.41, 5.74) is 9.52. The van der Waals surface area contributed by atoms with Crippen LogP contribution in [0.3, 0.4) is 0 Å². The summed E-state index contributed by atoms with van der Waals surface area (Å²) in [6.07, 6.45) is 1.08. The maximum atomic E-state index is 12.0. The number of fused-ring (bicyclic) bond motifs is 2. The number of carboxylic acid groups (broad SMARTS) is 1. The van der Waals surface area contributed by atoms with Crippen LogP contribution in [-0.4, -0.2) is 43.6 Å². The lowest BCUT2D eigenvalue weighted by Gasteiger charge is -2.25. The zero-order valence-electron chi connectivity index (χ0n) is 22.9. The molecular formula is C31H36N4O3. The highest BCUT2D eigenvalue weighted by Crippen LogP contribution is 2.35. The van der Waals surface area contributed by atoms with Crippen molar-refractivity contribution in [3.05, 3.63) is 87.5 Å². The van der Waals surface area contributed by atoms with E-state index >= 15 is 0 Å². The van der Waals surface area contributed by atoms with E-state index in [9.17, 15) is 9.90 Å². The summed E-state index contributed by atoms with van der Waals surface area (Å²) in [5.74, 6) is -0.0839. The first-order valence-electron chi connectivity index (χ1n) is 13.3. The van der Waals surface area contributed by atoms with E-state index in [0.29, 0.717) is 0 Å². The third-order valence-corrected chi connectivity index (χ3v) is 7.89. The molecule has 1 aromatic heterocycles. The molecule has 0 spiro atoms. The fraction of sp³-hybridized carbons (Fsp3) is 0.387. The second-order valence-electron chi connectivity index (χ2n) is 10.6. The minimum absolute atomic E-state index is 0.0111.